The van der Waals surface area contributed by atoms with Gasteiger partial charge in [-0.25, -0.2) is 0 Å². The lowest BCUT2D eigenvalue weighted by Gasteiger charge is -2.24. The number of rotatable bonds is 3. The monoisotopic (exact) mass is 351 g/mol. The summed E-state index contributed by atoms with van der Waals surface area (Å²) in [4.78, 5) is 16.9. The highest BCUT2D eigenvalue weighted by atomic mass is 79.9. The third-order valence-corrected chi connectivity index (χ3v) is 5.29. The molecule has 2 rings (SSSR count). The highest BCUT2D eigenvalue weighted by Gasteiger charge is 2.21. The van der Waals surface area contributed by atoms with Crippen molar-refractivity contribution in [3.05, 3.63) is 55.7 Å². The molecule has 1 aromatic carbocycles. The molecule has 2 nitrogen and oxygen atoms in total. The van der Waals surface area contributed by atoms with E-state index in [1.807, 2.05) is 32.2 Å². The molecule has 106 valence electrons. The van der Waals surface area contributed by atoms with Gasteiger partial charge in [-0.1, -0.05) is 11.6 Å². The first kappa shape index (κ1) is 15.3. The molecule has 1 aromatic heterocycles. The van der Waals surface area contributed by atoms with Crippen LogP contribution < -0.4 is 0 Å². The number of carbonyl (C=O) groups is 1. The van der Waals surface area contributed by atoms with Crippen molar-refractivity contribution in [1.29, 1.82) is 0 Å². The standard InChI is InChI=1S/C16H18BrNOS/c1-10-5-7-14(17)13(9-10)16(19)18(4)12(3)15-8-6-11(2)20-15/h5-9,12H,1-4H3. The lowest BCUT2D eigenvalue weighted by atomic mass is 10.1. The van der Waals surface area contributed by atoms with Crippen molar-refractivity contribution < 1.29 is 4.79 Å². The van der Waals surface area contributed by atoms with Crippen LogP contribution in [0.2, 0.25) is 0 Å². The van der Waals surface area contributed by atoms with Crippen LogP contribution in [-0.2, 0) is 0 Å². The summed E-state index contributed by atoms with van der Waals surface area (Å²) < 4.78 is 0.842. The first-order chi connectivity index (χ1) is 9.40. The van der Waals surface area contributed by atoms with E-state index < -0.39 is 0 Å². The quantitative estimate of drug-likeness (QED) is 0.765. The Labute approximate surface area is 132 Å². The van der Waals surface area contributed by atoms with Gasteiger partial charge in [-0.3, -0.25) is 4.79 Å². The van der Waals surface area contributed by atoms with Gasteiger partial charge in [0, 0.05) is 21.3 Å². The van der Waals surface area contributed by atoms with Gasteiger partial charge in [0.25, 0.3) is 5.91 Å². The average molecular weight is 352 g/mol. The molecule has 20 heavy (non-hydrogen) atoms. The van der Waals surface area contributed by atoms with Crippen molar-refractivity contribution >= 4 is 33.2 Å². The molecule has 0 aliphatic heterocycles. The number of halogens is 1. The predicted octanol–water partition coefficient (Wildman–Crippen LogP) is 4.96. The van der Waals surface area contributed by atoms with Gasteiger partial charge in [-0.15, -0.1) is 11.3 Å². The van der Waals surface area contributed by atoms with Crippen LogP contribution in [-0.4, -0.2) is 17.9 Å². The van der Waals surface area contributed by atoms with Crippen LogP contribution in [0.4, 0.5) is 0 Å². The Morgan fingerprint density at radius 3 is 2.55 bits per heavy atom. The van der Waals surface area contributed by atoms with E-state index in [2.05, 4.69) is 41.9 Å². The summed E-state index contributed by atoms with van der Waals surface area (Å²) >= 11 is 5.20. The maximum Gasteiger partial charge on any atom is 0.255 e. The molecule has 0 spiro atoms. The summed E-state index contributed by atoms with van der Waals surface area (Å²) in [5, 5.41) is 0. The molecular formula is C16H18BrNOS. The summed E-state index contributed by atoms with van der Waals surface area (Å²) in [5.74, 6) is 0.0409. The van der Waals surface area contributed by atoms with Crippen LogP contribution in [0.3, 0.4) is 0 Å². The number of aryl methyl sites for hydroxylation is 2. The van der Waals surface area contributed by atoms with Gasteiger partial charge in [0.1, 0.15) is 0 Å². The van der Waals surface area contributed by atoms with E-state index in [4.69, 9.17) is 0 Å². The molecule has 1 heterocycles. The molecule has 0 aliphatic carbocycles. The third-order valence-electron chi connectivity index (χ3n) is 3.43. The zero-order valence-electron chi connectivity index (χ0n) is 12.1. The van der Waals surface area contributed by atoms with E-state index >= 15 is 0 Å². The van der Waals surface area contributed by atoms with Gasteiger partial charge < -0.3 is 4.90 Å². The summed E-state index contributed by atoms with van der Waals surface area (Å²) in [6.45, 7) is 6.14. The molecule has 1 amide bonds. The molecule has 0 radical (unpaired) electrons. The molecular weight excluding hydrogens is 334 g/mol. The van der Waals surface area contributed by atoms with E-state index in [9.17, 15) is 4.79 Å². The third kappa shape index (κ3) is 3.13. The molecule has 0 aliphatic rings. The number of hydrogen-bond donors (Lipinski definition) is 0. The Morgan fingerprint density at radius 2 is 1.95 bits per heavy atom. The highest BCUT2D eigenvalue weighted by molar-refractivity contribution is 9.10. The Bertz CT molecular complexity index is 635. The first-order valence-electron chi connectivity index (χ1n) is 6.50. The number of thiophene rings is 1. The first-order valence-corrected chi connectivity index (χ1v) is 8.10. The zero-order valence-corrected chi connectivity index (χ0v) is 14.5. The maximum absolute atomic E-state index is 12.6. The van der Waals surface area contributed by atoms with E-state index in [-0.39, 0.29) is 11.9 Å². The fraction of sp³-hybridized carbons (Fsp3) is 0.312. The molecule has 0 N–H and O–H groups in total. The lowest BCUT2D eigenvalue weighted by Crippen LogP contribution is -2.29. The summed E-state index contributed by atoms with van der Waals surface area (Å²) in [7, 11) is 1.86. The van der Waals surface area contributed by atoms with Crippen molar-refractivity contribution in [2.45, 2.75) is 26.8 Å². The molecule has 4 heteroatoms. The molecule has 2 aromatic rings. The van der Waals surface area contributed by atoms with Crippen molar-refractivity contribution in [3.8, 4) is 0 Å². The van der Waals surface area contributed by atoms with Crippen LogP contribution in [0.25, 0.3) is 0 Å². The molecule has 0 fully saturated rings. The van der Waals surface area contributed by atoms with Crippen molar-refractivity contribution in [2.75, 3.05) is 7.05 Å². The van der Waals surface area contributed by atoms with Crippen LogP contribution >= 0.6 is 27.3 Å². The average Bonchev–Trinajstić information content (AvgIpc) is 2.85. The van der Waals surface area contributed by atoms with Gasteiger partial charge >= 0.3 is 0 Å². The topological polar surface area (TPSA) is 20.3 Å². The predicted molar refractivity (Wildman–Crippen MR) is 88.4 cm³/mol. The van der Waals surface area contributed by atoms with Gasteiger partial charge in [-0.05, 0) is 61.0 Å². The second kappa shape index (κ2) is 6.10. The minimum absolute atomic E-state index is 0.0409. The number of amides is 1. The van der Waals surface area contributed by atoms with Gasteiger partial charge in [0.05, 0.1) is 11.6 Å². The van der Waals surface area contributed by atoms with Crippen LogP contribution in [0.1, 0.15) is 38.6 Å². The Balaban J connectivity index is 2.26. The van der Waals surface area contributed by atoms with Crippen LogP contribution in [0, 0.1) is 13.8 Å². The van der Waals surface area contributed by atoms with Gasteiger partial charge in [0.15, 0.2) is 0 Å². The Kier molecular flexibility index (Phi) is 4.66. The second-order valence-electron chi connectivity index (χ2n) is 5.02. The van der Waals surface area contributed by atoms with E-state index in [1.54, 1.807) is 16.2 Å². The maximum atomic E-state index is 12.6. The molecule has 1 unspecified atom stereocenters. The minimum Gasteiger partial charge on any atom is -0.334 e. The number of hydrogen-bond acceptors (Lipinski definition) is 2. The van der Waals surface area contributed by atoms with E-state index in [0.717, 1.165) is 10.0 Å². The molecule has 0 saturated carbocycles. The largest absolute Gasteiger partial charge is 0.334 e. The summed E-state index contributed by atoms with van der Waals surface area (Å²) in [6.07, 6.45) is 0. The van der Waals surface area contributed by atoms with Gasteiger partial charge in [0.2, 0.25) is 0 Å². The van der Waals surface area contributed by atoms with E-state index in [0.29, 0.717) is 5.56 Å². The second-order valence-corrected chi connectivity index (χ2v) is 7.20. The molecule has 1 atom stereocenters. The normalized spacial score (nSPS) is 12.2. The fourth-order valence-electron chi connectivity index (χ4n) is 2.04. The number of benzene rings is 1. The smallest absolute Gasteiger partial charge is 0.255 e. The fourth-order valence-corrected chi connectivity index (χ4v) is 3.43. The highest BCUT2D eigenvalue weighted by Crippen LogP contribution is 2.28. The Morgan fingerprint density at radius 1 is 1.25 bits per heavy atom. The van der Waals surface area contributed by atoms with Crippen molar-refractivity contribution in [1.82, 2.24) is 4.90 Å². The summed E-state index contributed by atoms with van der Waals surface area (Å²) in [5.41, 5.74) is 1.80. The number of nitrogens with zero attached hydrogens (tertiary/aromatic N) is 1. The van der Waals surface area contributed by atoms with Gasteiger partial charge in [-0.2, -0.15) is 0 Å². The lowest BCUT2D eigenvalue weighted by molar-refractivity contribution is 0.0744. The summed E-state index contributed by atoms with van der Waals surface area (Å²) in [6, 6.07) is 10.1. The van der Waals surface area contributed by atoms with Crippen LogP contribution in [0.5, 0.6) is 0 Å². The number of carbonyl (C=O) groups excluding carboxylic acids is 1. The van der Waals surface area contributed by atoms with E-state index in [1.165, 1.54) is 9.75 Å². The minimum atomic E-state index is 0.0409. The molecule has 0 saturated heterocycles. The van der Waals surface area contributed by atoms with Crippen molar-refractivity contribution in [2.24, 2.45) is 0 Å². The Hall–Kier alpha value is -1.13. The van der Waals surface area contributed by atoms with Crippen LogP contribution in [0.15, 0.2) is 34.8 Å². The SMILES string of the molecule is Cc1ccc(Br)c(C(=O)N(C)C(C)c2ccc(C)s2)c1. The molecule has 0 bridgehead atoms. The zero-order chi connectivity index (χ0) is 14.9. The van der Waals surface area contributed by atoms with Crippen molar-refractivity contribution in [3.63, 3.8) is 0 Å².